The number of hydrogen-bond acceptors (Lipinski definition) is 5. The molecule has 0 spiro atoms. The van der Waals surface area contributed by atoms with E-state index in [0.717, 1.165) is 11.4 Å². The average molecular weight is 341 g/mol. The molecule has 8 nitrogen and oxygen atoms in total. The zero-order valence-electron chi connectivity index (χ0n) is 14.2. The minimum absolute atomic E-state index is 0.00478. The first kappa shape index (κ1) is 18.0. The van der Waals surface area contributed by atoms with Gasteiger partial charge in [0.1, 0.15) is 12.3 Å². The molecule has 1 aromatic heterocycles. The van der Waals surface area contributed by atoms with Crippen molar-refractivity contribution in [3.63, 3.8) is 0 Å². The molecule has 0 aliphatic carbocycles. The van der Waals surface area contributed by atoms with E-state index < -0.39 is 17.9 Å². The Morgan fingerprint density at radius 2 is 1.96 bits per heavy atom. The number of nitrogens with zero attached hydrogens (tertiary/aromatic N) is 3. The van der Waals surface area contributed by atoms with Crippen LogP contribution in [0.15, 0.2) is 30.3 Å². The van der Waals surface area contributed by atoms with Crippen LogP contribution in [-0.4, -0.2) is 27.7 Å². The Morgan fingerprint density at radius 3 is 2.52 bits per heavy atom. The normalized spacial score (nSPS) is 11.3. The van der Waals surface area contributed by atoms with E-state index in [1.165, 1.54) is 0 Å². The van der Waals surface area contributed by atoms with Crippen molar-refractivity contribution in [3.8, 4) is 11.8 Å². The second-order valence-corrected chi connectivity index (χ2v) is 5.52. The Labute approximate surface area is 145 Å². The van der Waals surface area contributed by atoms with Gasteiger partial charge in [-0.2, -0.15) is 10.4 Å². The number of aromatic nitrogens is 2. The molecule has 0 aliphatic heterocycles. The summed E-state index contributed by atoms with van der Waals surface area (Å²) in [5.74, 6) is -0.438. The lowest BCUT2D eigenvalue weighted by Crippen LogP contribution is -2.48. The van der Waals surface area contributed by atoms with Crippen LogP contribution < -0.4 is 15.6 Å². The summed E-state index contributed by atoms with van der Waals surface area (Å²) in [4.78, 5) is 23.8. The molecule has 2 aromatic rings. The van der Waals surface area contributed by atoms with Gasteiger partial charge in [-0.25, -0.2) is 0 Å². The number of aryl methyl sites for hydroxylation is 2. The quantitative estimate of drug-likeness (QED) is 0.788. The minimum atomic E-state index is -0.818. The molecule has 0 aliphatic rings. The lowest BCUT2D eigenvalue weighted by molar-refractivity contribution is -0.133. The maximum Gasteiger partial charge on any atom is 0.279 e. The SMILES string of the molecule is Cc1cc(C)n(CC(=O)NNC(=O)C(C)Oc2ccc(C#N)cc2)n1. The van der Waals surface area contributed by atoms with E-state index in [0.29, 0.717) is 11.3 Å². The number of carbonyl (C=O) groups excluding carboxylic acids is 2. The van der Waals surface area contributed by atoms with Crippen LogP contribution in [0.2, 0.25) is 0 Å². The van der Waals surface area contributed by atoms with Gasteiger partial charge in [-0.05, 0) is 51.1 Å². The molecular weight excluding hydrogens is 322 g/mol. The number of nitrogens with one attached hydrogen (secondary N) is 2. The highest BCUT2D eigenvalue weighted by atomic mass is 16.5. The van der Waals surface area contributed by atoms with Crippen molar-refractivity contribution in [2.75, 3.05) is 0 Å². The van der Waals surface area contributed by atoms with Crippen molar-refractivity contribution in [1.82, 2.24) is 20.6 Å². The number of ether oxygens (including phenoxy) is 1. The molecule has 0 fully saturated rings. The maximum absolute atomic E-state index is 12.0. The molecule has 2 rings (SSSR count). The standard InChI is InChI=1S/C17H19N5O3/c1-11-8-12(2)22(21-11)10-16(23)19-20-17(24)13(3)25-15-6-4-14(9-18)5-7-15/h4-8,13H,10H2,1-3H3,(H,19,23)(H,20,24). The number of nitriles is 1. The van der Waals surface area contributed by atoms with Crippen LogP contribution in [0.5, 0.6) is 5.75 Å². The first-order valence-electron chi connectivity index (χ1n) is 7.65. The maximum atomic E-state index is 12.0. The third-order valence-electron chi connectivity index (χ3n) is 3.39. The smallest absolute Gasteiger partial charge is 0.279 e. The van der Waals surface area contributed by atoms with Gasteiger partial charge in [-0.3, -0.25) is 25.1 Å². The highest BCUT2D eigenvalue weighted by molar-refractivity contribution is 5.84. The van der Waals surface area contributed by atoms with Crippen LogP contribution in [0.1, 0.15) is 23.9 Å². The summed E-state index contributed by atoms with van der Waals surface area (Å²) in [6.07, 6.45) is -0.818. The molecule has 0 radical (unpaired) electrons. The van der Waals surface area contributed by atoms with Crippen LogP contribution in [0.25, 0.3) is 0 Å². The predicted molar refractivity (Wildman–Crippen MR) is 89.2 cm³/mol. The van der Waals surface area contributed by atoms with Crippen molar-refractivity contribution >= 4 is 11.8 Å². The van der Waals surface area contributed by atoms with Crippen LogP contribution in [0.4, 0.5) is 0 Å². The van der Waals surface area contributed by atoms with Crippen molar-refractivity contribution in [2.24, 2.45) is 0 Å². The zero-order valence-corrected chi connectivity index (χ0v) is 14.2. The van der Waals surface area contributed by atoms with Gasteiger partial charge >= 0.3 is 0 Å². The molecule has 0 saturated heterocycles. The Hall–Kier alpha value is -3.34. The molecule has 1 heterocycles. The van der Waals surface area contributed by atoms with Gasteiger partial charge < -0.3 is 4.74 Å². The number of amides is 2. The second kappa shape index (κ2) is 7.97. The van der Waals surface area contributed by atoms with Crippen LogP contribution in [0, 0.1) is 25.2 Å². The summed E-state index contributed by atoms with van der Waals surface area (Å²) in [7, 11) is 0. The van der Waals surface area contributed by atoms with Gasteiger partial charge in [0.15, 0.2) is 6.10 Å². The Balaban J connectivity index is 1.81. The van der Waals surface area contributed by atoms with Gasteiger partial charge in [-0.15, -0.1) is 0 Å². The van der Waals surface area contributed by atoms with Crippen molar-refractivity contribution in [1.29, 1.82) is 5.26 Å². The highest BCUT2D eigenvalue weighted by Gasteiger charge is 2.16. The molecule has 0 saturated carbocycles. The number of rotatable bonds is 5. The van der Waals surface area contributed by atoms with E-state index in [4.69, 9.17) is 10.00 Å². The molecule has 2 amide bonds. The van der Waals surface area contributed by atoms with E-state index >= 15 is 0 Å². The lowest BCUT2D eigenvalue weighted by atomic mass is 10.2. The Kier molecular flexibility index (Phi) is 5.74. The van der Waals surface area contributed by atoms with E-state index in [9.17, 15) is 9.59 Å². The second-order valence-electron chi connectivity index (χ2n) is 5.52. The predicted octanol–water partition coefficient (Wildman–Crippen LogP) is 0.987. The van der Waals surface area contributed by atoms with Crippen molar-refractivity contribution in [3.05, 3.63) is 47.3 Å². The molecule has 25 heavy (non-hydrogen) atoms. The van der Waals surface area contributed by atoms with Crippen LogP contribution in [-0.2, 0) is 16.1 Å². The summed E-state index contributed by atoms with van der Waals surface area (Å²) in [5.41, 5.74) is 6.82. The number of hydrogen-bond donors (Lipinski definition) is 2. The molecular formula is C17H19N5O3. The fourth-order valence-corrected chi connectivity index (χ4v) is 2.11. The Morgan fingerprint density at radius 1 is 1.28 bits per heavy atom. The van der Waals surface area contributed by atoms with E-state index in [1.54, 1.807) is 35.9 Å². The zero-order chi connectivity index (χ0) is 18.4. The topological polar surface area (TPSA) is 109 Å². The van der Waals surface area contributed by atoms with E-state index in [-0.39, 0.29) is 6.54 Å². The van der Waals surface area contributed by atoms with Crippen LogP contribution in [0.3, 0.4) is 0 Å². The number of hydrazine groups is 1. The molecule has 1 aromatic carbocycles. The average Bonchev–Trinajstić information content (AvgIpc) is 2.90. The summed E-state index contributed by atoms with van der Waals surface area (Å²) in [6.45, 7) is 5.25. The van der Waals surface area contributed by atoms with Gasteiger partial charge in [0.25, 0.3) is 11.8 Å². The fourth-order valence-electron chi connectivity index (χ4n) is 2.11. The van der Waals surface area contributed by atoms with E-state index in [1.807, 2.05) is 26.0 Å². The van der Waals surface area contributed by atoms with Gasteiger partial charge in [0, 0.05) is 5.69 Å². The summed E-state index contributed by atoms with van der Waals surface area (Å²) < 4.78 is 7.01. The van der Waals surface area contributed by atoms with Crippen LogP contribution >= 0.6 is 0 Å². The molecule has 1 atom stereocenters. The summed E-state index contributed by atoms with van der Waals surface area (Å²) in [5, 5.41) is 12.9. The van der Waals surface area contributed by atoms with Gasteiger partial charge in [-0.1, -0.05) is 0 Å². The monoisotopic (exact) mass is 341 g/mol. The largest absolute Gasteiger partial charge is 0.481 e. The summed E-state index contributed by atoms with van der Waals surface area (Å²) >= 11 is 0. The molecule has 130 valence electrons. The number of benzene rings is 1. The Bertz CT molecular complexity index is 805. The summed E-state index contributed by atoms with van der Waals surface area (Å²) in [6, 6.07) is 10.2. The van der Waals surface area contributed by atoms with E-state index in [2.05, 4.69) is 16.0 Å². The fraction of sp³-hybridized carbons (Fsp3) is 0.294. The van der Waals surface area contributed by atoms with Gasteiger partial charge in [0.05, 0.1) is 17.3 Å². The lowest BCUT2D eigenvalue weighted by Gasteiger charge is -2.15. The number of carbonyl (C=O) groups is 2. The third kappa shape index (κ3) is 5.07. The molecule has 1 unspecified atom stereocenters. The minimum Gasteiger partial charge on any atom is -0.481 e. The molecule has 0 bridgehead atoms. The van der Waals surface area contributed by atoms with Crippen molar-refractivity contribution in [2.45, 2.75) is 33.4 Å². The van der Waals surface area contributed by atoms with Crippen molar-refractivity contribution < 1.29 is 14.3 Å². The van der Waals surface area contributed by atoms with Gasteiger partial charge in [0.2, 0.25) is 0 Å². The third-order valence-corrected chi connectivity index (χ3v) is 3.39. The first-order valence-corrected chi connectivity index (χ1v) is 7.65. The highest BCUT2D eigenvalue weighted by Crippen LogP contribution is 2.13. The molecule has 2 N–H and O–H groups in total. The first-order chi connectivity index (χ1) is 11.9. The molecule has 8 heteroatoms.